The second-order valence-corrected chi connectivity index (χ2v) is 30.6. The highest BCUT2D eigenvalue weighted by Crippen LogP contribution is 2.32. The molecule has 8 nitrogen and oxygen atoms in total. The van der Waals surface area contributed by atoms with Crippen molar-refractivity contribution in [2.75, 3.05) is 79.3 Å². The summed E-state index contributed by atoms with van der Waals surface area (Å²) in [7, 11) is 0. The second-order valence-electron chi connectivity index (χ2n) is 30.6. The quantitative estimate of drug-likeness (QED) is 0.0582. The van der Waals surface area contributed by atoms with Crippen molar-refractivity contribution < 1.29 is 38.6 Å². The normalized spacial score (nSPS) is 17.6. The molecule has 0 aromatic rings. The van der Waals surface area contributed by atoms with Crippen LogP contribution >= 0.6 is 0 Å². The van der Waals surface area contributed by atoms with Crippen LogP contribution in [0.4, 0.5) is 0 Å². The maximum atomic E-state index is 9.83. The molecule has 522 valence electrons. The van der Waals surface area contributed by atoms with Gasteiger partial charge in [0.25, 0.3) is 0 Å². The van der Waals surface area contributed by atoms with Crippen LogP contribution in [-0.4, -0.2) is 102 Å². The first-order chi connectivity index (χ1) is 42.3. The lowest BCUT2D eigenvalue weighted by Crippen LogP contribution is -2.25. The molecule has 0 amide bonds. The van der Waals surface area contributed by atoms with Crippen LogP contribution in [0.25, 0.3) is 0 Å². The van der Waals surface area contributed by atoms with Crippen LogP contribution in [0.3, 0.4) is 0 Å². The molecule has 2 N–H and O–H groups in total. The molecule has 8 heteroatoms. The highest BCUT2D eigenvalue weighted by Gasteiger charge is 2.25. The predicted octanol–water partition coefficient (Wildman–Crippen LogP) is 22.7. The number of aliphatic hydroxyl groups is 2. The Hall–Kier alpha value is -0.320. The van der Waals surface area contributed by atoms with Crippen LogP contribution < -0.4 is 0 Å². The molecule has 0 saturated heterocycles. The molecule has 1 rings (SSSR count). The van der Waals surface area contributed by atoms with Crippen LogP contribution in [0, 0.1) is 59.2 Å². The van der Waals surface area contributed by atoms with Gasteiger partial charge in [0.15, 0.2) is 0 Å². The molecule has 0 radical (unpaired) electrons. The Bertz CT molecular complexity index is 1250. The molecule has 0 aliphatic heterocycles. The second kappa shape index (κ2) is 63.1. The smallest absolute Gasteiger partial charge is 0.104 e. The first-order valence-electron chi connectivity index (χ1n) is 39.1. The van der Waals surface area contributed by atoms with Gasteiger partial charge in [-0.25, -0.2) is 0 Å². The lowest BCUT2D eigenvalue weighted by Gasteiger charge is -2.18. The van der Waals surface area contributed by atoms with Gasteiger partial charge in [0.05, 0.1) is 26.4 Å². The van der Waals surface area contributed by atoms with E-state index in [4.69, 9.17) is 28.4 Å². The van der Waals surface area contributed by atoms with Gasteiger partial charge in [0, 0.05) is 52.9 Å². The molecule has 0 bridgehead atoms. The number of unbranched alkanes of at least 4 members (excludes halogenated alkanes) is 20. The molecule has 10 atom stereocenters. The monoisotopic (exact) mass is 1240 g/mol. The number of hydrogen-bond acceptors (Lipinski definition) is 8. The van der Waals surface area contributed by atoms with Gasteiger partial charge >= 0.3 is 0 Å². The van der Waals surface area contributed by atoms with E-state index < -0.39 is 0 Å². The van der Waals surface area contributed by atoms with E-state index in [1.54, 1.807) is 0 Å². The van der Waals surface area contributed by atoms with E-state index in [0.29, 0.717) is 25.0 Å². The van der Waals surface area contributed by atoms with Crippen LogP contribution in [0.1, 0.15) is 358 Å². The zero-order chi connectivity index (χ0) is 63.5. The van der Waals surface area contributed by atoms with E-state index in [9.17, 15) is 10.2 Å². The number of rotatable bonds is 70. The molecule has 87 heavy (non-hydrogen) atoms. The largest absolute Gasteiger partial charge is 0.394 e. The number of ether oxygens (including phenoxy) is 6. The van der Waals surface area contributed by atoms with Crippen molar-refractivity contribution in [3.05, 3.63) is 0 Å². The van der Waals surface area contributed by atoms with E-state index in [-0.39, 0.29) is 25.4 Å². The Morgan fingerprint density at radius 2 is 0.494 bits per heavy atom. The molecule has 0 spiro atoms. The summed E-state index contributed by atoms with van der Waals surface area (Å²) in [6.07, 6.45) is 58.9. The fraction of sp³-hybridized carbons (Fsp3) is 1.00. The first-order valence-corrected chi connectivity index (χ1v) is 39.1. The van der Waals surface area contributed by atoms with Gasteiger partial charge in [-0.3, -0.25) is 0 Å². The van der Waals surface area contributed by atoms with Gasteiger partial charge in [-0.2, -0.15) is 0 Å². The zero-order valence-electron chi connectivity index (χ0n) is 60.6. The average Bonchev–Trinajstić information content (AvgIpc) is 4.23. The van der Waals surface area contributed by atoms with Crippen LogP contribution in [0.15, 0.2) is 0 Å². The number of hydrogen-bond donors (Lipinski definition) is 2. The Labute approximate surface area is 544 Å². The van der Waals surface area contributed by atoms with Crippen molar-refractivity contribution in [3.63, 3.8) is 0 Å². The molecule has 0 aromatic heterocycles. The van der Waals surface area contributed by atoms with Gasteiger partial charge in [-0.1, -0.05) is 300 Å². The molecule has 1 fully saturated rings. The molecular formula is C79H158O8. The van der Waals surface area contributed by atoms with Crippen LogP contribution in [0.2, 0.25) is 0 Å². The summed E-state index contributed by atoms with van der Waals surface area (Å²) in [5, 5.41) is 19.7. The first kappa shape index (κ1) is 84.7. The molecule has 1 saturated carbocycles. The summed E-state index contributed by atoms with van der Waals surface area (Å²) in [5.41, 5.74) is 0. The molecule has 1 aliphatic rings. The molecular weight excluding hydrogens is 1080 g/mol. The van der Waals surface area contributed by atoms with Gasteiger partial charge < -0.3 is 38.6 Å². The van der Waals surface area contributed by atoms with Crippen molar-refractivity contribution in [2.24, 2.45) is 59.2 Å². The Morgan fingerprint density at radius 1 is 0.264 bits per heavy atom. The SMILES string of the molecule is CC(C)CCC[C@@H](C)CCC[C@@H](C)CCCC(C)CCO[C@H](CO)COCCCCCCCCCCCCCOC[C@H]1CC[C@@H](COCCCCCCCCCCCCCOC[C@@H](CO)OCCC(C)CCC[C@H](C)CCC[C@H](C)CCCC(C)C)C1. The summed E-state index contributed by atoms with van der Waals surface area (Å²) >= 11 is 0. The van der Waals surface area contributed by atoms with Crippen molar-refractivity contribution in [2.45, 2.75) is 370 Å². The average molecular weight is 1240 g/mol. The van der Waals surface area contributed by atoms with E-state index >= 15 is 0 Å². The molecule has 0 heterocycles. The summed E-state index contributed by atoms with van der Waals surface area (Å²) < 4.78 is 36.2. The third-order valence-corrected chi connectivity index (χ3v) is 20.0. The summed E-state index contributed by atoms with van der Waals surface area (Å²) in [4.78, 5) is 0. The summed E-state index contributed by atoms with van der Waals surface area (Å²) in [6, 6.07) is 0. The highest BCUT2D eigenvalue weighted by atomic mass is 16.5. The van der Waals surface area contributed by atoms with Gasteiger partial charge in [-0.05, 0) is 117 Å². The Balaban J connectivity index is 1.81. The Kier molecular flexibility index (Phi) is 61.4. The summed E-state index contributed by atoms with van der Waals surface area (Å²) in [5.74, 6) is 7.96. The molecule has 0 aromatic carbocycles. The predicted molar refractivity (Wildman–Crippen MR) is 376 cm³/mol. The van der Waals surface area contributed by atoms with Crippen molar-refractivity contribution in [1.29, 1.82) is 0 Å². The van der Waals surface area contributed by atoms with Crippen molar-refractivity contribution >= 4 is 0 Å². The number of aliphatic hydroxyl groups excluding tert-OH is 2. The zero-order valence-corrected chi connectivity index (χ0v) is 60.6. The highest BCUT2D eigenvalue weighted by molar-refractivity contribution is 4.75. The lowest BCUT2D eigenvalue weighted by molar-refractivity contribution is -0.0459. The maximum absolute atomic E-state index is 9.83. The minimum absolute atomic E-state index is 0.0432. The van der Waals surface area contributed by atoms with Gasteiger partial charge in [0.2, 0.25) is 0 Å². The van der Waals surface area contributed by atoms with E-state index in [2.05, 4.69) is 69.2 Å². The van der Waals surface area contributed by atoms with E-state index in [1.807, 2.05) is 0 Å². The van der Waals surface area contributed by atoms with Gasteiger partial charge in [-0.15, -0.1) is 0 Å². The molecule has 2 unspecified atom stereocenters. The third-order valence-electron chi connectivity index (χ3n) is 20.0. The van der Waals surface area contributed by atoms with E-state index in [1.165, 1.54) is 263 Å². The van der Waals surface area contributed by atoms with Gasteiger partial charge in [0.1, 0.15) is 12.2 Å². The fourth-order valence-electron chi connectivity index (χ4n) is 13.5. The fourth-order valence-corrected chi connectivity index (χ4v) is 13.5. The molecule has 1 aliphatic carbocycles. The summed E-state index contributed by atoms with van der Waals surface area (Å²) in [6.45, 7) is 31.8. The Morgan fingerprint density at radius 3 is 0.747 bits per heavy atom. The van der Waals surface area contributed by atoms with Crippen LogP contribution in [0.5, 0.6) is 0 Å². The standard InChI is InChI=1S/C79H158O8/c1-68(2)39-33-41-70(5)43-35-45-72(7)47-37-49-74(9)53-59-86-78(62-80)66-84-57-31-27-23-19-15-11-13-17-21-25-29-55-82-64-76-51-52-77(61-76)65-83-56-30-26-22-18-14-12-16-20-24-28-32-58-85-67-79(63-81)87-60-54-75(10)50-38-48-73(8)46-36-44-71(6)42-34-40-69(3)4/h68-81H,11-67H2,1-10H3/t70-,71-,72-,73-,74?,75?,76-,77+,78-,79-/m1/s1. The minimum Gasteiger partial charge on any atom is -0.394 e. The minimum atomic E-state index is -0.191. The van der Waals surface area contributed by atoms with E-state index in [0.717, 1.165) is 126 Å². The topological polar surface area (TPSA) is 95.8 Å². The van der Waals surface area contributed by atoms with Crippen molar-refractivity contribution in [3.8, 4) is 0 Å². The third kappa shape index (κ3) is 59.2. The van der Waals surface area contributed by atoms with Crippen molar-refractivity contribution in [1.82, 2.24) is 0 Å². The lowest BCUT2D eigenvalue weighted by atomic mass is 9.91. The van der Waals surface area contributed by atoms with Crippen LogP contribution in [-0.2, 0) is 28.4 Å². The maximum Gasteiger partial charge on any atom is 0.104 e.